The minimum atomic E-state index is -4.82. The van der Waals surface area contributed by atoms with Gasteiger partial charge in [-0.25, -0.2) is 4.39 Å². The molecule has 0 radical (unpaired) electrons. The summed E-state index contributed by atoms with van der Waals surface area (Å²) in [5.41, 5.74) is 6.54. The first kappa shape index (κ1) is 24.0. The van der Waals surface area contributed by atoms with Crippen molar-refractivity contribution in [3.05, 3.63) is 59.9 Å². The van der Waals surface area contributed by atoms with Gasteiger partial charge in [0.05, 0.1) is 18.3 Å². The molecule has 154 valence electrons. The summed E-state index contributed by atoms with van der Waals surface area (Å²) in [5, 5.41) is 2.60. The Bertz CT molecular complexity index is 799. The van der Waals surface area contributed by atoms with Crippen molar-refractivity contribution in [2.45, 2.75) is 12.4 Å². The Kier molecular flexibility index (Phi) is 8.95. The second-order valence-corrected chi connectivity index (χ2v) is 5.93. The zero-order chi connectivity index (χ0) is 20.0. The Hall–Kier alpha value is -2.08. The summed E-state index contributed by atoms with van der Waals surface area (Å²) < 4.78 is 54.8. The van der Waals surface area contributed by atoms with Crippen LogP contribution < -0.4 is 15.8 Å². The second kappa shape index (κ2) is 10.5. The third-order valence-electron chi connectivity index (χ3n) is 3.67. The van der Waals surface area contributed by atoms with Crippen LogP contribution in [0.25, 0.3) is 0 Å². The van der Waals surface area contributed by atoms with E-state index in [4.69, 9.17) is 5.73 Å². The number of hydrogen-bond acceptors (Lipinski definition) is 3. The Morgan fingerprint density at radius 3 is 2.46 bits per heavy atom. The topological polar surface area (TPSA) is 62.9 Å². The number of hydrogen-bond donors (Lipinski definition) is 2. The van der Waals surface area contributed by atoms with E-state index < -0.39 is 12.1 Å². The highest BCUT2D eigenvalue weighted by Crippen LogP contribution is 2.29. The first-order chi connectivity index (χ1) is 12.7. The molecule has 2 aromatic rings. The van der Waals surface area contributed by atoms with Crippen molar-refractivity contribution < 1.29 is 22.3 Å². The predicted octanol–water partition coefficient (Wildman–Crippen LogP) is 4.37. The maximum Gasteiger partial charge on any atom is 0.573 e. The Morgan fingerprint density at radius 2 is 1.86 bits per heavy atom. The number of nitrogens with zero attached hydrogens (tertiary/aromatic N) is 2. The van der Waals surface area contributed by atoms with E-state index in [2.05, 4.69) is 15.0 Å². The number of para-hydroxylation sites is 2. The van der Waals surface area contributed by atoms with Crippen LogP contribution in [0.4, 0.5) is 23.2 Å². The van der Waals surface area contributed by atoms with Crippen LogP contribution in [0.15, 0.2) is 53.5 Å². The molecule has 1 unspecified atom stereocenters. The van der Waals surface area contributed by atoms with Gasteiger partial charge in [-0.15, -0.1) is 37.1 Å². The number of ether oxygens (including phenoxy) is 1. The van der Waals surface area contributed by atoms with Gasteiger partial charge in [-0.05, 0) is 43.9 Å². The number of halogens is 5. The summed E-state index contributed by atoms with van der Waals surface area (Å²) in [6.07, 6.45) is -4.82. The van der Waals surface area contributed by atoms with E-state index in [-0.39, 0.29) is 54.0 Å². The van der Waals surface area contributed by atoms with E-state index in [1.807, 2.05) is 4.90 Å². The van der Waals surface area contributed by atoms with Gasteiger partial charge in [-0.2, -0.15) is 0 Å². The van der Waals surface area contributed by atoms with E-state index in [1.54, 1.807) is 26.2 Å². The molecule has 0 aliphatic rings. The van der Waals surface area contributed by atoms with Crippen molar-refractivity contribution in [1.82, 2.24) is 4.90 Å². The van der Waals surface area contributed by atoms with Gasteiger partial charge in [0.2, 0.25) is 0 Å². The lowest BCUT2D eigenvalue weighted by Gasteiger charge is -2.23. The molecule has 0 aliphatic heterocycles. The first-order valence-corrected chi connectivity index (χ1v) is 7.99. The molecule has 0 saturated heterocycles. The lowest BCUT2D eigenvalue weighted by atomic mass is 10.1. The highest BCUT2D eigenvalue weighted by Gasteiger charge is 2.32. The van der Waals surface area contributed by atoms with Gasteiger partial charge in [0.1, 0.15) is 5.82 Å². The number of rotatable bonds is 6. The Labute approximate surface area is 177 Å². The maximum absolute atomic E-state index is 13.5. The normalized spacial score (nSPS) is 13.0. The van der Waals surface area contributed by atoms with Gasteiger partial charge in [-0.1, -0.05) is 24.3 Å². The van der Waals surface area contributed by atoms with Crippen LogP contribution in [0.3, 0.4) is 0 Å². The fourth-order valence-electron chi connectivity index (χ4n) is 2.43. The standard InChI is InChI=1S/C18H20F4N4O.HI/c1-26(2)15(12-6-5-7-13(19)10-12)11-24-17(23)25-14-8-3-4-9-16(14)27-18(20,21)22;/h3-10,15H,11H2,1-2H3,(H3,23,24,25);1H. The van der Waals surface area contributed by atoms with Crippen LogP contribution in [0, 0.1) is 5.82 Å². The minimum Gasteiger partial charge on any atom is -0.404 e. The van der Waals surface area contributed by atoms with Crippen LogP contribution in [0.5, 0.6) is 5.75 Å². The molecule has 1 atom stereocenters. The third-order valence-corrected chi connectivity index (χ3v) is 3.67. The van der Waals surface area contributed by atoms with Gasteiger partial charge in [-0.3, -0.25) is 4.99 Å². The van der Waals surface area contributed by atoms with Gasteiger partial charge >= 0.3 is 6.36 Å². The third kappa shape index (κ3) is 7.50. The van der Waals surface area contributed by atoms with Crippen molar-refractivity contribution in [2.75, 3.05) is 26.0 Å². The molecule has 0 bridgehead atoms. The molecule has 0 aromatic heterocycles. The first-order valence-electron chi connectivity index (χ1n) is 7.99. The second-order valence-electron chi connectivity index (χ2n) is 5.93. The largest absolute Gasteiger partial charge is 0.573 e. The van der Waals surface area contributed by atoms with Crippen molar-refractivity contribution in [1.29, 1.82) is 0 Å². The fraction of sp³-hybridized carbons (Fsp3) is 0.278. The van der Waals surface area contributed by atoms with Crippen LogP contribution >= 0.6 is 24.0 Å². The molecule has 0 fully saturated rings. The lowest BCUT2D eigenvalue weighted by Crippen LogP contribution is -2.28. The molecule has 0 aliphatic carbocycles. The fourth-order valence-corrected chi connectivity index (χ4v) is 2.43. The number of nitrogens with two attached hydrogens (primary N) is 1. The predicted molar refractivity (Wildman–Crippen MR) is 111 cm³/mol. The number of benzene rings is 2. The molecule has 0 amide bonds. The zero-order valence-electron chi connectivity index (χ0n) is 15.2. The van der Waals surface area contributed by atoms with Gasteiger partial charge in [0.15, 0.2) is 11.7 Å². The van der Waals surface area contributed by atoms with E-state index >= 15 is 0 Å². The van der Waals surface area contributed by atoms with Gasteiger partial charge in [0.25, 0.3) is 0 Å². The molecule has 2 rings (SSSR count). The van der Waals surface area contributed by atoms with Crippen molar-refractivity contribution in [3.8, 4) is 5.75 Å². The average molecular weight is 512 g/mol. The van der Waals surface area contributed by atoms with E-state index in [1.165, 1.54) is 36.4 Å². The summed E-state index contributed by atoms with van der Waals surface area (Å²) in [7, 11) is 3.61. The van der Waals surface area contributed by atoms with Crippen LogP contribution in [0.2, 0.25) is 0 Å². The van der Waals surface area contributed by atoms with Crippen molar-refractivity contribution in [3.63, 3.8) is 0 Å². The maximum atomic E-state index is 13.5. The van der Waals surface area contributed by atoms with E-state index in [0.29, 0.717) is 5.56 Å². The average Bonchev–Trinajstić information content (AvgIpc) is 2.55. The van der Waals surface area contributed by atoms with Crippen LogP contribution in [-0.4, -0.2) is 37.9 Å². The van der Waals surface area contributed by atoms with Gasteiger partial charge in [0, 0.05) is 0 Å². The Balaban J connectivity index is 0.00000392. The lowest BCUT2D eigenvalue weighted by molar-refractivity contribution is -0.274. The molecule has 3 N–H and O–H groups in total. The summed E-state index contributed by atoms with van der Waals surface area (Å²) in [6, 6.07) is 11.3. The quantitative estimate of drug-likeness (QED) is 0.261. The molecule has 0 spiro atoms. The molecule has 28 heavy (non-hydrogen) atoms. The summed E-state index contributed by atoms with van der Waals surface area (Å²) >= 11 is 0. The minimum absolute atomic E-state index is 0. The SMILES string of the molecule is CN(C)C(CN=C(N)Nc1ccccc1OC(F)(F)F)c1cccc(F)c1.I. The number of alkyl halides is 3. The highest BCUT2D eigenvalue weighted by atomic mass is 127. The molecule has 0 heterocycles. The summed E-state index contributed by atoms with van der Waals surface area (Å²) in [4.78, 5) is 6.01. The van der Waals surface area contributed by atoms with Gasteiger partial charge < -0.3 is 20.7 Å². The van der Waals surface area contributed by atoms with E-state index in [9.17, 15) is 17.6 Å². The molecule has 0 saturated carbocycles. The smallest absolute Gasteiger partial charge is 0.404 e. The van der Waals surface area contributed by atoms with Crippen LogP contribution in [-0.2, 0) is 0 Å². The number of anilines is 1. The number of likely N-dealkylation sites (N-methyl/N-ethyl adjacent to an activating group) is 1. The monoisotopic (exact) mass is 512 g/mol. The number of nitrogens with one attached hydrogen (secondary N) is 1. The molecule has 2 aromatic carbocycles. The Morgan fingerprint density at radius 1 is 1.18 bits per heavy atom. The van der Waals surface area contributed by atoms with E-state index in [0.717, 1.165) is 0 Å². The van der Waals surface area contributed by atoms with Crippen molar-refractivity contribution >= 4 is 35.6 Å². The summed E-state index contributed by atoms with van der Waals surface area (Å²) in [5.74, 6) is -0.874. The van der Waals surface area contributed by atoms with Crippen LogP contribution in [0.1, 0.15) is 11.6 Å². The molecule has 10 heteroatoms. The number of aliphatic imine (C=N–C) groups is 1. The highest BCUT2D eigenvalue weighted by molar-refractivity contribution is 14.0. The molecule has 5 nitrogen and oxygen atoms in total. The number of guanidine groups is 1. The molecular weight excluding hydrogens is 491 g/mol. The molecular formula is C18H21F4IN4O. The zero-order valence-corrected chi connectivity index (χ0v) is 17.5. The summed E-state index contributed by atoms with van der Waals surface area (Å²) in [6.45, 7) is 0.178. The van der Waals surface area contributed by atoms with Crippen molar-refractivity contribution in [2.24, 2.45) is 10.7 Å².